The molecule has 92 valence electrons. The first-order chi connectivity index (χ1) is 8.18. The molecule has 0 spiro atoms. The summed E-state index contributed by atoms with van der Waals surface area (Å²) in [6, 6.07) is 0. The van der Waals surface area contributed by atoms with Crippen LogP contribution in [0, 0.1) is 0 Å². The maximum atomic E-state index is 11.9. The van der Waals surface area contributed by atoms with Gasteiger partial charge in [-0.25, -0.2) is 4.98 Å². The third kappa shape index (κ3) is 2.85. The molecule has 17 heavy (non-hydrogen) atoms. The highest BCUT2D eigenvalue weighted by Gasteiger charge is 2.17. The molecular formula is C11H14ClN3O2. The molecule has 1 aliphatic heterocycles. The average Bonchev–Trinajstić information content (AvgIpc) is 2.36. The van der Waals surface area contributed by atoms with Gasteiger partial charge in [-0.3, -0.25) is 9.59 Å². The van der Waals surface area contributed by atoms with Crippen LogP contribution in [0.2, 0.25) is 5.15 Å². The lowest BCUT2D eigenvalue weighted by Crippen LogP contribution is -2.39. The van der Waals surface area contributed by atoms with E-state index < -0.39 is 5.56 Å². The van der Waals surface area contributed by atoms with Gasteiger partial charge in [0.05, 0.1) is 0 Å². The molecule has 2 heterocycles. The van der Waals surface area contributed by atoms with Crippen molar-refractivity contribution in [2.45, 2.75) is 25.8 Å². The molecule has 0 aliphatic carbocycles. The summed E-state index contributed by atoms with van der Waals surface area (Å²) in [6.45, 7) is 1.61. The van der Waals surface area contributed by atoms with Crippen molar-refractivity contribution in [2.24, 2.45) is 0 Å². The minimum atomic E-state index is -0.417. The summed E-state index contributed by atoms with van der Waals surface area (Å²) >= 11 is 5.61. The highest BCUT2D eigenvalue weighted by Crippen LogP contribution is 2.09. The lowest BCUT2D eigenvalue weighted by atomic mass is 10.1. The van der Waals surface area contributed by atoms with Gasteiger partial charge in [0.15, 0.2) is 5.15 Å². The Hall–Kier alpha value is -1.36. The zero-order chi connectivity index (χ0) is 12.3. The Bertz CT molecular complexity index is 466. The van der Waals surface area contributed by atoms with E-state index >= 15 is 0 Å². The molecule has 0 bridgehead atoms. The van der Waals surface area contributed by atoms with Crippen LogP contribution in [0.4, 0.5) is 0 Å². The number of nitrogens with zero attached hydrogens (tertiary/aromatic N) is 3. The highest BCUT2D eigenvalue weighted by atomic mass is 35.5. The molecular weight excluding hydrogens is 242 g/mol. The Morgan fingerprint density at radius 1 is 1.35 bits per heavy atom. The summed E-state index contributed by atoms with van der Waals surface area (Å²) in [7, 11) is 0. The van der Waals surface area contributed by atoms with E-state index in [0.29, 0.717) is 0 Å². The van der Waals surface area contributed by atoms with Crippen LogP contribution in [0.5, 0.6) is 0 Å². The Morgan fingerprint density at radius 3 is 2.76 bits per heavy atom. The molecule has 1 fully saturated rings. The largest absolute Gasteiger partial charge is 0.341 e. The van der Waals surface area contributed by atoms with Gasteiger partial charge in [-0.15, -0.1) is 0 Å². The maximum Gasteiger partial charge on any atom is 0.288 e. The number of amides is 1. The van der Waals surface area contributed by atoms with Crippen LogP contribution in [0.1, 0.15) is 19.3 Å². The number of carbonyl (C=O) groups excluding carboxylic acids is 1. The Morgan fingerprint density at radius 2 is 2.06 bits per heavy atom. The molecule has 5 nitrogen and oxygen atoms in total. The zero-order valence-corrected chi connectivity index (χ0v) is 10.2. The summed E-state index contributed by atoms with van der Waals surface area (Å²) in [4.78, 5) is 29.0. The molecule has 0 saturated carbocycles. The van der Waals surface area contributed by atoms with E-state index in [9.17, 15) is 9.59 Å². The van der Waals surface area contributed by atoms with Crippen molar-refractivity contribution in [3.05, 3.63) is 27.9 Å². The van der Waals surface area contributed by atoms with E-state index in [0.717, 1.165) is 25.9 Å². The first kappa shape index (κ1) is 12.1. The lowest BCUT2D eigenvalue weighted by Gasteiger charge is -2.26. The van der Waals surface area contributed by atoms with Gasteiger partial charge in [-0.05, 0) is 19.3 Å². The second-order valence-corrected chi connectivity index (χ2v) is 4.45. The fraction of sp³-hybridized carbons (Fsp3) is 0.545. The van der Waals surface area contributed by atoms with Crippen molar-refractivity contribution >= 4 is 17.5 Å². The number of hydrogen-bond acceptors (Lipinski definition) is 3. The van der Waals surface area contributed by atoms with Crippen molar-refractivity contribution in [1.29, 1.82) is 0 Å². The number of halogens is 1. The Balaban J connectivity index is 2.07. The van der Waals surface area contributed by atoms with Crippen LogP contribution in [-0.4, -0.2) is 33.4 Å². The Kier molecular flexibility index (Phi) is 3.78. The number of rotatable bonds is 2. The lowest BCUT2D eigenvalue weighted by molar-refractivity contribution is -0.132. The molecule has 0 unspecified atom stereocenters. The molecule has 0 radical (unpaired) electrons. The number of carbonyl (C=O) groups is 1. The minimum absolute atomic E-state index is 0.0333. The van der Waals surface area contributed by atoms with E-state index in [2.05, 4.69) is 4.98 Å². The smallest absolute Gasteiger partial charge is 0.288 e. The van der Waals surface area contributed by atoms with Gasteiger partial charge in [-0.2, -0.15) is 0 Å². The quantitative estimate of drug-likeness (QED) is 0.789. The summed E-state index contributed by atoms with van der Waals surface area (Å²) in [5, 5.41) is -0.0982. The van der Waals surface area contributed by atoms with Crippen molar-refractivity contribution in [2.75, 3.05) is 13.1 Å². The standard InChI is InChI=1S/C11H14ClN3O2/c12-10-11(17)15(7-4-13-10)8-9(16)14-5-2-1-3-6-14/h4,7H,1-3,5-6,8H2. The molecule has 1 aromatic rings. The molecule has 6 heteroatoms. The third-order valence-electron chi connectivity index (χ3n) is 2.89. The van der Waals surface area contributed by atoms with Crippen molar-refractivity contribution in [3.8, 4) is 0 Å². The van der Waals surface area contributed by atoms with Crippen LogP contribution < -0.4 is 5.56 Å². The number of aromatic nitrogens is 2. The SMILES string of the molecule is O=C(Cn1ccnc(Cl)c1=O)N1CCCCC1. The predicted octanol–water partition coefficient (Wildman–Crippen LogP) is 0.909. The van der Waals surface area contributed by atoms with Crippen LogP contribution >= 0.6 is 11.6 Å². The van der Waals surface area contributed by atoms with Crippen molar-refractivity contribution in [3.63, 3.8) is 0 Å². The van der Waals surface area contributed by atoms with Gasteiger partial charge in [0.1, 0.15) is 6.54 Å². The molecule has 0 N–H and O–H groups in total. The molecule has 1 saturated heterocycles. The maximum absolute atomic E-state index is 11.9. The predicted molar refractivity (Wildman–Crippen MR) is 63.9 cm³/mol. The molecule has 1 aromatic heterocycles. The van der Waals surface area contributed by atoms with Crippen molar-refractivity contribution < 1.29 is 4.79 Å². The van der Waals surface area contributed by atoms with Gasteiger partial charge >= 0.3 is 0 Å². The molecule has 1 amide bonds. The van der Waals surface area contributed by atoms with E-state index in [1.54, 1.807) is 4.90 Å². The first-order valence-corrected chi connectivity index (χ1v) is 6.05. The molecule has 2 rings (SSSR count). The van der Waals surface area contributed by atoms with E-state index in [1.165, 1.54) is 23.4 Å². The molecule has 1 aliphatic rings. The van der Waals surface area contributed by atoms with Gasteiger partial charge in [-0.1, -0.05) is 11.6 Å². The first-order valence-electron chi connectivity index (χ1n) is 5.67. The second-order valence-electron chi connectivity index (χ2n) is 4.09. The van der Waals surface area contributed by atoms with Gasteiger partial charge in [0.25, 0.3) is 5.56 Å². The van der Waals surface area contributed by atoms with E-state index in [4.69, 9.17) is 11.6 Å². The number of likely N-dealkylation sites (tertiary alicyclic amines) is 1. The summed E-state index contributed by atoms with van der Waals surface area (Å²) in [6.07, 6.45) is 6.16. The number of hydrogen-bond donors (Lipinski definition) is 0. The molecule has 0 atom stereocenters. The summed E-state index contributed by atoms with van der Waals surface area (Å²) in [5.74, 6) is -0.0333. The minimum Gasteiger partial charge on any atom is -0.341 e. The fourth-order valence-corrected chi connectivity index (χ4v) is 2.10. The zero-order valence-electron chi connectivity index (χ0n) is 9.43. The van der Waals surface area contributed by atoms with Gasteiger partial charge < -0.3 is 9.47 Å². The van der Waals surface area contributed by atoms with E-state index in [1.807, 2.05) is 0 Å². The number of piperidine rings is 1. The third-order valence-corrected chi connectivity index (χ3v) is 3.15. The van der Waals surface area contributed by atoms with Crippen LogP contribution in [0.15, 0.2) is 17.2 Å². The van der Waals surface area contributed by atoms with Crippen molar-refractivity contribution in [1.82, 2.24) is 14.5 Å². The summed E-state index contributed by atoms with van der Waals surface area (Å²) < 4.78 is 1.30. The van der Waals surface area contributed by atoms with Crippen LogP contribution in [-0.2, 0) is 11.3 Å². The fourth-order valence-electron chi connectivity index (χ4n) is 1.93. The average molecular weight is 256 g/mol. The molecule has 0 aromatic carbocycles. The van der Waals surface area contributed by atoms with Crippen LogP contribution in [0.25, 0.3) is 0 Å². The van der Waals surface area contributed by atoms with Gasteiger partial charge in [0, 0.05) is 25.5 Å². The highest BCUT2D eigenvalue weighted by molar-refractivity contribution is 6.29. The monoisotopic (exact) mass is 255 g/mol. The topological polar surface area (TPSA) is 55.2 Å². The van der Waals surface area contributed by atoms with E-state index in [-0.39, 0.29) is 17.6 Å². The van der Waals surface area contributed by atoms with Gasteiger partial charge in [0.2, 0.25) is 5.91 Å². The second kappa shape index (κ2) is 5.31. The Labute approximate surface area is 104 Å². The normalized spacial score (nSPS) is 15.9. The summed E-state index contributed by atoms with van der Waals surface area (Å²) in [5.41, 5.74) is -0.417. The van der Waals surface area contributed by atoms with Crippen LogP contribution in [0.3, 0.4) is 0 Å².